The van der Waals surface area contributed by atoms with E-state index in [-0.39, 0.29) is 17.7 Å². The molecule has 4 atom stereocenters. The summed E-state index contributed by atoms with van der Waals surface area (Å²) in [6.45, 7) is 7.57. The molecule has 0 aromatic carbocycles. The molecule has 8 heteroatoms. The zero-order valence-electron chi connectivity index (χ0n) is 15.9. The van der Waals surface area contributed by atoms with Gasteiger partial charge in [0.1, 0.15) is 12.1 Å². The fourth-order valence-corrected chi connectivity index (χ4v) is 2.81. The minimum Gasteiger partial charge on any atom is -0.480 e. The maximum Gasteiger partial charge on any atom is 0.326 e. The molecule has 0 fully saturated rings. The van der Waals surface area contributed by atoms with E-state index in [0.717, 1.165) is 0 Å². The molecule has 7 nitrogen and oxygen atoms in total. The van der Waals surface area contributed by atoms with Crippen LogP contribution in [0, 0.1) is 11.8 Å². The van der Waals surface area contributed by atoms with Crippen molar-refractivity contribution in [2.45, 2.75) is 65.1 Å². The van der Waals surface area contributed by atoms with Gasteiger partial charge >= 0.3 is 5.97 Å². The standard InChI is InChI=1S/C17H33N3O4S/c1-6-11(4)14(17(23)24)20-16(22)13(7-8-25-5)19-15(21)12(18)9-10(2)3/h10-14H,6-9,18H2,1-5H3,(H,19,21)(H,20,22)(H,23,24). The fourth-order valence-electron chi connectivity index (χ4n) is 2.34. The molecule has 0 aromatic rings. The van der Waals surface area contributed by atoms with Crippen LogP contribution in [0.5, 0.6) is 0 Å². The molecule has 0 radical (unpaired) electrons. The third kappa shape index (κ3) is 9.11. The Balaban J connectivity index is 5.01. The highest BCUT2D eigenvalue weighted by atomic mass is 32.2. The first-order chi connectivity index (χ1) is 11.6. The summed E-state index contributed by atoms with van der Waals surface area (Å²) in [6, 6.07) is -2.45. The molecule has 0 aliphatic carbocycles. The van der Waals surface area contributed by atoms with Gasteiger partial charge in [-0.1, -0.05) is 34.1 Å². The lowest BCUT2D eigenvalue weighted by Crippen LogP contribution is -2.55. The lowest BCUT2D eigenvalue weighted by atomic mass is 9.98. The van der Waals surface area contributed by atoms with E-state index >= 15 is 0 Å². The molecule has 4 unspecified atom stereocenters. The number of rotatable bonds is 12. The molecule has 0 rings (SSSR count). The SMILES string of the molecule is CCC(C)C(NC(=O)C(CCSC)NC(=O)C(N)CC(C)C)C(=O)O. The van der Waals surface area contributed by atoms with Crippen LogP contribution >= 0.6 is 11.8 Å². The first kappa shape index (κ1) is 23.7. The van der Waals surface area contributed by atoms with Gasteiger partial charge < -0.3 is 21.5 Å². The summed E-state index contributed by atoms with van der Waals surface area (Å²) in [5.41, 5.74) is 5.87. The number of carboxylic acids is 1. The summed E-state index contributed by atoms with van der Waals surface area (Å²) < 4.78 is 0. The van der Waals surface area contributed by atoms with Crippen LogP contribution in [0.2, 0.25) is 0 Å². The summed E-state index contributed by atoms with van der Waals surface area (Å²) in [4.78, 5) is 36.1. The van der Waals surface area contributed by atoms with Crippen molar-refractivity contribution in [1.29, 1.82) is 0 Å². The Bertz CT molecular complexity index is 446. The number of nitrogens with one attached hydrogen (secondary N) is 2. The van der Waals surface area contributed by atoms with E-state index in [2.05, 4.69) is 10.6 Å². The normalized spacial score (nSPS) is 16.0. The molecule has 0 aromatic heterocycles. The number of hydrogen-bond acceptors (Lipinski definition) is 5. The van der Waals surface area contributed by atoms with Gasteiger partial charge in [-0.2, -0.15) is 11.8 Å². The Morgan fingerprint density at radius 2 is 1.72 bits per heavy atom. The van der Waals surface area contributed by atoms with Crippen molar-refractivity contribution in [1.82, 2.24) is 10.6 Å². The Morgan fingerprint density at radius 3 is 2.16 bits per heavy atom. The van der Waals surface area contributed by atoms with Crippen LogP contribution in [-0.4, -0.2) is 53.0 Å². The number of thioether (sulfide) groups is 1. The molecule has 0 spiro atoms. The van der Waals surface area contributed by atoms with Gasteiger partial charge in [0, 0.05) is 0 Å². The van der Waals surface area contributed by atoms with Crippen molar-refractivity contribution in [2.75, 3.05) is 12.0 Å². The highest BCUT2D eigenvalue weighted by molar-refractivity contribution is 7.98. The number of aliphatic carboxylic acids is 1. The molecule has 5 N–H and O–H groups in total. The van der Waals surface area contributed by atoms with Crippen molar-refractivity contribution >= 4 is 29.5 Å². The molecule has 2 amide bonds. The highest BCUT2D eigenvalue weighted by Crippen LogP contribution is 2.10. The summed E-state index contributed by atoms with van der Waals surface area (Å²) in [5.74, 6) is -1.22. The van der Waals surface area contributed by atoms with E-state index < -0.39 is 30.0 Å². The fraction of sp³-hybridized carbons (Fsp3) is 0.824. The van der Waals surface area contributed by atoms with Gasteiger partial charge in [-0.15, -0.1) is 0 Å². The Morgan fingerprint density at radius 1 is 1.12 bits per heavy atom. The average molecular weight is 376 g/mol. The molecule has 146 valence electrons. The zero-order chi connectivity index (χ0) is 19.6. The Hall–Kier alpha value is -1.28. The van der Waals surface area contributed by atoms with E-state index in [9.17, 15) is 19.5 Å². The number of hydrogen-bond donors (Lipinski definition) is 4. The Kier molecular flexibility index (Phi) is 11.5. The van der Waals surface area contributed by atoms with Gasteiger partial charge in [-0.3, -0.25) is 9.59 Å². The van der Waals surface area contributed by atoms with Crippen LogP contribution in [0.25, 0.3) is 0 Å². The molecule has 0 heterocycles. The monoisotopic (exact) mass is 375 g/mol. The van der Waals surface area contributed by atoms with Crippen molar-refractivity contribution in [2.24, 2.45) is 17.6 Å². The average Bonchev–Trinajstić information content (AvgIpc) is 2.54. The number of amides is 2. The maximum atomic E-state index is 12.5. The molecule has 0 aliphatic heterocycles. The van der Waals surface area contributed by atoms with Crippen molar-refractivity contribution in [3.8, 4) is 0 Å². The van der Waals surface area contributed by atoms with Gasteiger partial charge in [0.2, 0.25) is 11.8 Å². The second-order valence-electron chi connectivity index (χ2n) is 6.79. The van der Waals surface area contributed by atoms with Gasteiger partial charge in [-0.05, 0) is 36.7 Å². The van der Waals surface area contributed by atoms with Crippen LogP contribution in [0.4, 0.5) is 0 Å². The largest absolute Gasteiger partial charge is 0.480 e. The van der Waals surface area contributed by atoms with E-state index in [4.69, 9.17) is 5.73 Å². The first-order valence-electron chi connectivity index (χ1n) is 8.72. The van der Waals surface area contributed by atoms with Gasteiger partial charge in [-0.25, -0.2) is 4.79 Å². The van der Waals surface area contributed by atoms with Crippen LogP contribution in [-0.2, 0) is 14.4 Å². The second kappa shape index (κ2) is 12.1. The summed E-state index contributed by atoms with van der Waals surface area (Å²) in [7, 11) is 0. The van der Waals surface area contributed by atoms with Crippen LogP contribution in [0.3, 0.4) is 0 Å². The molecule has 0 bridgehead atoms. The van der Waals surface area contributed by atoms with Crippen LogP contribution in [0.1, 0.15) is 47.0 Å². The second-order valence-corrected chi connectivity index (χ2v) is 7.77. The zero-order valence-corrected chi connectivity index (χ0v) is 16.7. The predicted octanol–water partition coefficient (Wildman–Crippen LogP) is 1.21. The lowest BCUT2D eigenvalue weighted by Gasteiger charge is -2.25. The van der Waals surface area contributed by atoms with Crippen LogP contribution < -0.4 is 16.4 Å². The van der Waals surface area contributed by atoms with E-state index in [0.29, 0.717) is 25.0 Å². The molecule has 25 heavy (non-hydrogen) atoms. The topological polar surface area (TPSA) is 122 Å². The molecular weight excluding hydrogens is 342 g/mol. The van der Waals surface area contributed by atoms with E-state index in [1.807, 2.05) is 27.0 Å². The minimum atomic E-state index is -1.07. The molecule has 0 aliphatic rings. The van der Waals surface area contributed by atoms with Crippen molar-refractivity contribution in [3.63, 3.8) is 0 Å². The third-order valence-electron chi connectivity index (χ3n) is 4.08. The summed E-state index contributed by atoms with van der Waals surface area (Å²) in [5, 5.41) is 14.6. The van der Waals surface area contributed by atoms with E-state index in [1.165, 1.54) is 0 Å². The number of carbonyl (C=O) groups excluding carboxylic acids is 2. The predicted molar refractivity (Wildman–Crippen MR) is 101 cm³/mol. The molecule has 0 saturated heterocycles. The molecular formula is C17H33N3O4S. The third-order valence-corrected chi connectivity index (χ3v) is 4.73. The first-order valence-corrected chi connectivity index (χ1v) is 10.1. The summed E-state index contributed by atoms with van der Waals surface area (Å²) in [6.07, 6.45) is 3.46. The summed E-state index contributed by atoms with van der Waals surface area (Å²) >= 11 is 1.55. The van der Waals surface area contributed by atoms with Gasteiger partial charge in [0.05, 0.1) is 6.04 Å². The number of carbonyl (C=O) groups is 3. The minimum absolute atomic E-state index is 0.207. The number of carboxylic acid groups (broad SMARTS) is 1. The van der Waals surface area contributed by atoms with Gasteiger partial charge in [0.25, 0.3) is 0 Å². The number of nitrogens with two attached hydrogens (primary N) is 1. The lowest BCUT2D eigenvalue weighted by molar-refractivity contribution is -0.143. The highest BCUT2D eigenvalue weighted by Gasteiger charge is 2.30. The van der Waals surface area contributed by atoms with Crippen molar-refractivity contribution in [3.05, 3.63) is 0 Å². The smallest absolute Gasteiger partial charge is 0.326 e. The molecule has 0 saturated carbocycles. The van der Waals surface area contributed by atoms with Crippen LogP contribution in [0.15, 0.2) is 0 Å². The Labute approximate surface area is 154 Å². The van der Waals surface area contributed by atoms with Gasteiger partial charge in [0.15, 0.2) is 0 Å². The maximum absolute atomic E-state index is 12.5. The quantitative estimate of drug-likeness (QED) is 0.407. The van der Waals surface area contributed by atoms with E-state index in [1.54, 1.807) is 18.7 Å². The van der Waals surface area contributed by atoms with Crippen molar-refractivity contribution < 1.29 is 19.5 Å².